The molecule has 0 spiro atoms. The van der Waals surface area contributed by atoms with Gasteiger partial charge in [-0.25, -0.2) is 9.59 Å². The van der Waals surface area contributed by atoms with E-state index in [0.29, 0.717) is 36.6 Å². The fourth-order valence-electron chi connectivity index (χ4n) is 2.40. The Labute approximate surface area is 134 Å². The van der Waals surface area contributed by atoms with Crippen LogP contribution in [0.4, 0.5) is 15.3 Å². The minimum Gasteiger partial charge on any atom is -0.453 e. The van der Waals surface area contributed by atoms with Crippen LogP contribution in [0.1, 0.15) is 18.4 Å². The summed E-state index contributed by atoms with van der Waals surface area (Å²) in [5.41, 5.74) is 1.61. The molecule has 0 unspecified atom stereocenters. The molecule has 0 atom stereocenters. The highest BCUT2D eigenvalue weighted by molar-refractivity contribution is 6.33. The molecular formula is C15H20ClN3O3. The molecule has 1 aromatic rings. The molecular weight excluding hydrogens is 306 g/mol. The van der Waals surface area contributed by atoms with Gasteiger partial charge in [0.15, 0.2) is 0 Å². The summed E-state index contributed by atoms with van der Waals surface area (Å²) in [4.78, 5) is 25.0. The maximum atomic E-state index is 12.0. The van der Waals surface area contributed by atoms with E-state index < -0.39 is 0 Å². The molecule has 0 aliphatic carbocycles. The van der Waals surface area contributed by atoms with E-state index in [-0.39, 0.29) is 18.2 Å². The van der Waals surface area contributed by atoms with Crippen LogP contribution in [0.5, 0.6) is 0 Å². The molecule has 7 heteroatoms. The van der Waals surface area contributed by atoms with E-state index >= 15 is 0 Å². The van der Waals surface area contributed by atoms with Gasteiger partial charge in [-0.05, 0) is 37.5 Å². The van der Waals surface area contributed by atoms with Crippen molar-refractivity contribution in [2.45, 2.75) is 25.8 Å². The monoisotopic (exact) mass is 325 g/mol. The summed E-state index contributed by atoms with van der Waals surface area (Å²) in [6.07, 6.45) is 1.07. The molecule has 0 saturated carbocycles. The number of methoxy groups -OCH3 is 1. The van der Waals surface area contributed by atoms with Crippen molar-refractivity contribution >= 4 is 29.4 Å². The zero-order chi connectivity index (χ0) is 16.1. The van der Waals surface area contributed by atoms with Crippen molar-refractivity contribution in [2.24, 2.45) is 0 Å². The minimum atomic E-state index is -0.325. The highest BCUT2D eigenvalue weighted by Gasteiger charge is 2.24. The van der Waals surface area contributed by atoms with Gasteiger partial charge in [-0.15, -0.1) is 0 Å². The third kappa shape index (κ3) is 4.27. The number of halogens is 1. The smallest absolute Gasteiger partial charge is 0.409 e. The number of anilines is 1. The van der Waals surface area contributed by atoms with Gasteiger partial charge in [0.1, 0.15) is 0 Å². The van der Waals surface area contributed by atoms with E-state index in [1.807, 2.05) is 13.0 Å². The van der Waals surface area contributed by atoms with Crippen molar-refractivity contribution in [2.75, 3.05) is 25.5 Å². The molecule has 0 radical (unpaired) electrons. The Kier molecular flexibility index (Phi) is 5.49. The summed E-state index contributed by atoms with van der Waals surface area (Å²) >= 11 is 6.09. The van der Waals surface area contributed by atoms with Crippen LogP contribution in [0, 0.1) is 6.92 Å². The van der Waals surface area contributed by atoms with Crippen molar-refractivity contribution in [3.05, 3.63) is 28.8 Å². The molecule has 120 valence electrons. The Morgan fingerprint density at radius 1 is 1.32 bits per heavy atom. The van der Waals surface area contributed by atoms with Crippen molar-refractivity contribution < 1.29 is 14.3 Å². The second-order valence-corrected chi connectivity index (χ2v) is 5.72. The van der Waals surface area contributed by atoms with Crippen molar-refractivity contribution in [3.8, 4) is 0 Å². The van der Waals surface area contributed by atoms with Gasteiger partial charge in [0.2, 0.25) is 0 Å². The first-order valence-electron chi connectivity index (χ1n) is 7.16. The van der Waals surface area contributed by atoms with Crippen LogP contribution < -0.4 is 10.6 Å². The Balaban J connectivity index is 1.82. The molecule has 2 N–H and O–H groups in total. The number of urea groups is 1. The maximum Gasteiger partial charge on any atom is 0.409 e. The minimum absolute atomic E-state index is 0.0325. The summed E-state index contributed by atoms with van der Waals surface area (Å²) in [5.74, 6) is 0. The first-order chi connectivity index (χ1) is 10.5. The highest BCUT2D eigenvalue weighted by Crippen LogP contribution is 2.22. The lowest BCUT2D eigenvalue weighted by molar-refractivity contribution is 0.110. The first kappa shape index (κ1) is 16.4. The lowest BCUT2D eigenvalue weighted by Crippen LogP contribution is -2.47. The molecule has 0 bridgehead atoms. The van der Waals surface area contributed by atoms with Crippen LogP contribution in [0.25, 0.3) is 0 Å². The molecule has 1 aromatic carbocycles. The zero-order valence-electron chi connectivity index (χ0n) is 12.7. The Hall–Kier alpha value is -1.95. The molecule has 1 saturated heterocycles. The zero-order valence-corrected chi connectivity index (χ0v) is 13.4. The van der Waals surface area contributed by atoms with Gasteiger partial charge in [-0.2, -0.15) is 0 Å². The molecule has 6 nitrogen and oxygen atoms in total. The van der Waals surface area contributed by atoms with E-state index in [0.717, 1.165) is 5.56 Å². The highest BCUT2D eigenvalue weighted by atomic mass is 35.5. The SMILES string of the molecule is COC(=O)N1CCC(NC(=O)Nc2ccc(C)cc2Cl)CC1. The molecule has 1 fully saturated rings. The lowest BCUT2D eigenvalue weighted by atomic mass is 10.1. The molecule has 2 rings (SSSR count). The number of likely N-dealkylation sites (tertiary alicyclic amines) is 1. The van der Waals surface area contributed by atoms with Gasteiger partial charge in [-0.1, -0.05) is 17.7 Å². The average Bonchev–Trinajstić information content (AvgIpc) is 2.50. The number of hydrogen-bond donors (Lipinski definition) is 2. The number of amides is 3. The summed E-state index contributed by atoms with van der Waals surface area (Å²) in [6, 6.07) is 5.20. The van der Waals surface area contributed by atoms with Crippen molar-refractivity contribution in [3.63, 3.8) is 0 Å². The number of nitrogens with zero attached hydrogens (tertiary/aromatic N) is 1. The second-order valence-electron chi connectivity index (χ2n) is 5.31. The number of carbonyl (C=O) groups excluding carboxylic acids is 2. The number of rotatable bonds is 2. The van der Waals surface area contributed by atoms with Crippen LogP contribution >= 0.6 is 11.6 Å². The molecule has 3 amide bonds. The molecule has 1 aliphatic heterocycles. The van der Waals surface area contributed by atoms with Crippen LogP contribution in [0.2, 0.25) is 5.02 Å². The normalized spacial score (nSPS) is 15.3. The summed E-state index contributed by atoms with van der Waals surface area (Å²) in [5, 5.41) is 6.15. The Morgan fingerprint density at radius 3 is 2.59 bits per heavy atom. The van der Waals surface area contributed by atoms with Gasteiger partial charge in [0, 0.05) is 19.1 Å². The fraction of sp³-hybridized carbons (Fsp3) is 0.467. The lowest BCUT2D eigenvalue weighted by Gasteiger charge is -2.31. The molecule has 1 heterocycles. The Bertz CT molecular complexity index is 557. The standard InChI is InChI=1S/C15H20ClN3O3/c1-10-3-4-13(12(16)9-10)18-14(20)17-11-5-7-19(8-6-11)15(21)22-2/h3-4,9,11H,5-8H2,1-2H3,(H2,17,18,20). The van der Waals surface area contributed by atoms with Crippen LogP contribution in [0.15, 0.2) is 18.2 Å². The number of ether oxygens (including phenoxy) is 1. The number of aryl methyl sites for hydroxylation is 1. The van der Waals surface area contributed by atoms with Crippen molar-refractivity contribution in [1.82, 2.24) is 10.2 Å². The topological polar surface area (TPSA) is 70.7 Å². The summed E-state index contributed by atoms with van der Waals surface area (Å²) in [6.45, 7) is 3.08. The van der Waals surface area contributed by atoms with Gasteiger partial charge < -0.3 is 20.3 Å². The largest absolute Gasteiger partial charge is 0.453 e. The van der Waals surface area contributed by atoms with E-state index in [4.69, 9.17) is 11.6 Å². The van der Waals surface area contributed by atoms with E-state index in [1.54, 1.807) is 17.0 Å². The molecule has 1 aliphatic rings. The predicted octanol–water partition coefficient (Wildman–Crippen LogP) is 3.00. The van der Waals surface area contributed by atoms with Gasteiger partial charge >= 0.3 is 12.1 Å². The van der Waals surface area contributed by atoms with E-state index in [1.165, 1.54) is 7.11 Å². The maximum absolute atomic E-state index is 12.0. The third-order valence-corrected chi connectivity index (χ3v) is 3.95. The summed E-state index contributed by atoms with van der Waals surface area (Å²) in [7, 11) is 1.37. The van der Waals surface area contributed by atoms with Crippen LogP contribution in [0.3, 0.4) is 0 Å². The summed E-state index contributed by atoms with van der Waals surface area (Å²) < 4.78 is 4.68. The van der Waals surface area contributed by atoms with Gasteiger partial charge in [0.05, 0.1) is 17.8 Å². The molecule has 22 heavy (non-hydrogen) atoms. The number of hydrogen-bond acceptors (Lipinski definition) is 3. The number of carbonyl (C=O) groups is 2. The quantitative estimate of drug-likeness (QED) is 0.878. The fourth-order valence-corrected chi connectivity index (χ4v) is 2.68. The average molecular weight is 326 g/mol. The first-order valence-corrected chi connectivity index (χ1v) is 7.54. The third-order valence-electron chi connectivity index (χ3n) is 3.64. The number of nitrogens with one attached hydrogen (secondary N) is 2. The molecule has 0 aromatic heterocycles. The van der Waals surface area contributed by atoms with Crippen LogP contribution in [-0.2, 0) is 4.74 Å². The van der Waals surface area contributed by atoms with Crippen LogP contribution in [-0.4, -0.2) is 43.3 Å². The second kappa shape index (κ2) is 7.35. The van der Waals surface area contributed by atoms with E-state index in [9.17, 15) is 9.59 Å². The van der Waals surface area contributed by atoms with Gasteiger partial charge in [-0.3, -0.25) is 0 Å². The number of benzene rings is 1. The van der Waals surface area contributed by atoms with Gasteiger partial charge in [0.25, 0.3) is 0 Å². The Morgan fingerprint density at radius 2 is 2.00 bits per heavy atom. The predicted molar refractivity (Wildman–Crippen MR) is 85.3 cm³/mol. The van der Waals surface area contributed by atoms with E-state index in [2.05, 4.69) is 15.4 Å². The van der Waals surface area contributed by atoms with Crippen molar-refractivity contribution in [1.29, 1.82) is 0 Å². The number of piperidine rings is 1.